The zero-order valence-corrected chi connectivity index (χ0v) is 30.3. The SMILES string of the molecule is C.C=C(C)[C@@H]1CCC2(C#Cc3ccsc3/C(N)=N/N)CC[C@]3(C)C(CCC4C5(C)CC=C(c6ccc(C(=O)O)cc6)C(C)C5CCC43C)C12. The number of carboxylic acid groups (broad SMARTS) is 1. The van der Waals surface area contributed by atoms with Gasteiger partial charge in [-0.3, -0.25) is 0 Å². The van der Waals surface area contributed by atoms with Crippen LogP contribution in [0, 0.1) is 69.0 Å². The van der Waals surface area contributed by atoms with E-state index in [4.69, 9.17) is 11.6 Å². The smallest absolute Gasteiger partial charge is 0.335 e. The van der Waals surface area contributed by atoms with Crippen LogP contribution in [0.25, 0.3) is 5.57 Å². The molecule has 2 aromatic rings. The molecule has 4 saturated carbocycles. The van der Waals surface area contributed by atoms with E-state index in [1.54, 1.807) is 23.5 Å². The molecule has 1 aromatic heterocycles. The molecule has 0 radical (unpaired) electrons. The van der Waals surface area contributed by atoms with Crippen molar-refractivity contribution in [3.63, 3.8) is 0 Å². The molecular weight excluding hydrogens is 623 g/mol. The summed E-state index contributed by atoms with van der Waals surface area (Å²) in [6.45, 7) is 17.3. The monoisotopic (exact) mass is 679 g/mol. The molecule has 262 valence electrons. The van der Waals surface area contributed by atoms with Crippen LogP contribution in [0.3, 0.4) is 0 Å². The lowest BCUT2D eigenvalue weighted by atomic mass is 9.33. The lowest BCUT2D eigenvalue weighted by molar-refractivity contribution is -0.215. The van der Waals surface area contributed by atoms with Gasteiger partial charge in [0, 0.05) is 11.0 Å². The molecule has 5 aliphatic carbocycles. The van der Waals surface area contributed by atoms with Crippen LogP contribution in [0.2, 0.25) is 0 Å². The molecular formula is C43H57N3O2S. The van der Waals surface area contributed by atoms with E-state index in [9.17, 15) is 9.90 Å². The Bertz CT molecular complexity index is 1760. The fourth-order valence-corrected chi connectivity index (χ4v) is 13.4. The maximum atomic E-state index is 11.5. The van der Waals surface area contributed by atoms with E-state index in [0.717, 1.165) is 29.7 Å². The molecule has 5 N–H and O–H groups in total. The van der Waals surface area contributed by atoms with Gasteiger partial charge in [0.05, 0.1) is 10.4 Å². The highest BCUT2D eigenvalue weighted by Crippen LogP contribution is 2.76. The van der Waals surface area contributed by atoms with Crippen LogP contribution >= 0.6 is 11.3 Å². The van der Waals surface area contributed by atoms with Crippen molar-refractivity contribution in [2.24, 2.45) is 73.8 Å². The zero-order chi connectivity index (χ0) is 34.2. The number of fused-ring (bicyclic) bond motifs is 7. The minimum atomic E-state index is -0.867. The van der Waals surface area contributed by atoms with Crippen LogP contribution in [-0.2, 0) is 0 Å². The standard InChI is InChI=1S/C42H53N3O2S.CH4/c1-25(2)30-15-21-42(20-13-28-17-24-48-36(28)37(43)45-44)23-22-40(5)33(35(30)42)11-12-34-39(4)18-14-31(26(3)32(39)16-19-41(34,40)6)27-7-9-29(10-8-27)38(46)47;/h7-10,14,17,24,26,30,32-35H,1,11-12,15-16,18-19,21-23,44H2,2-6H3,(H2,43,45)(H,46,47);1H4/t26?,30-,32?,33?,34?,35?,39?,40+,41?,42?;/m0./s1. The number of hydrazone groups is 1. The van der Waals surface area contributed by atoms with Gasteiger partial charge >= 0.3 is 5.97 Å². The summed E-state index contributed by atoms with van der Waals surface area (Å²) < 4.78 is 0. The number of rotatable bonds is 4. The Labute approximate surface area is 298 Å². The fourth-order valence-electron chi connectivity index (χ4n) is 12.6. The van der Waals surface area contributed by atoms with Crippen molar-refractivity contribution in [3.8, 4) is 11.8 Å². The van der Waals surface area contributed by atoms with Gasteiger partial charge in [-0.1, -0.05) is 77.3 Å². The second-order valence-corrected chi connectivity index (χ2v) is 17.8. The predicted octanol–water partition coefficient (Wildman–Crippen LogP) is 9.97. The summed E-state index contributed by atoms with van der Waals surface area (Å²) in [5.41, 5.74) is 12.1. The molecule has 4 fully saturated rings. The van der Waals surface area contributed by atoms with Gasteiger partial charge in [0.25, 0.3) is 0 Å². The zero-order valence-electron chi connectivity index (χ0n) is 29.4. The van der Waals surface area contributed by atoms with E-state index in [1.807, 2.05) is 17.5 Å². The van der Waals surface area contributed by atoms with E-state index in [-0.39, 0.29) is 29.1 Å². The fraction of sp³-hybridized carbons (Fsp3) is 0.581. The molecule has 10 atom stereocenters. The summed E-state index contributed by atoms with van der Waals surface area (Å²) in [4.78, 5) is 12.4. The van der Waals surface area contributed by atoms with Crippen LogP contribution in [-0.4, -0.2) is 16.9 Å². The molecule has 0 amide bonds. The second-order valence-electron chi connectivity index (χ2n) is 16.9. The molecule has 0 saturated heterocycles. The Morgan fingerprint density at radius 3 is 2.41 bits per heavy atom. The van der Waals surface area contributed by atoms with Gasteiger partial charge < -0.3 is 16.7 Å². The van der Waals surface area contributed by atoms with Crippen LogP contribution in [0.4, 0.5) is 0 Å². The van der Waals surface area contributed by atoms with E-state index in [0.29, 0.717) is 46.9 Å². The Morgan fingerprint density at radius 1 is 1.00 bits per heavy atom. The number of thiophene rings is 1. The summed E-state index contributed by atoms with van der Waals surface area (Å²) in [5, 5.41) is 15.2. The number of hydrogen-bond donors (Lipinski definition) is 3. The Kier molecular flexibility index (Phi) is 9.05. The molecule has 0 bridgehead atoms. The van der Waals surface area contributed by atoms with Gasteiger partial charge in [-0.15, -0.1) is 11.3 Å². The van der Waals surface area contributed by atoms with Gasteiger partial charge in [0.15, 0.2) is 5.84 Å². The summed E-state index contributed by atoms with van der Waals surface area (Å²) in [7, 11) is 0. The van der Waals surface area contributed by atoms with Crippen molar-refractivity contribution in [1.29, 1.82) is 0 Å². The van der Waals surface area contributed by atoms with Crippen molar-refractivity contribution in [2.75, 3.05) is 0 Å². The second kappa shape index (κ2) is 12.5. The molecule has 8 unspecified atom stereocenters. The molecule has 5 nitrogen and oxygen atoms in total. The first-order chi connectivity index (χ1) is 22.8. The van der Waals surface area contributed by atoms with Crippen molar-refractivity contribution in [3.05, 3.63) is 75.5 Å². The quantitative estimate of drug-likeness (QED) is 0.0748. The van der Waals surface area contributed by atoms with Crippen LogP contribution in [0.15, 0.2) is 59.0 Å². The Balaban J connectivity index is 0.00000417. The first-order valence-electron chi connectivity index (χ1n) is 18.1. The van der Waals surface area contributed by atoms with Gasteiger partial charge in [0.1, 0.15) is 0 Å². The number of carbonyl (C=O) groups is 1. The van der Waals surface area contributed by atoms with Gasteiger partial charge in [-0.05, 0) is 151 Å². The maximum Gasteiger partial charge on any atom is 0.335 e. The van der Waals surface area contributed by atoms with Crippen molar-refractivity contribution in [1.82, 2.24) is 0 Å². The van der Waals surface area contributed by atoms with Crippen LogP contribution in [0.5, 0.6) is 0 Å². The molecule has 0 spiro atoms. The third kappa shape index (κ3) is 5.16. The molecule has 0 aliphatic heterocycles. The molecule has 1 aromatic carbocycles. The molecule has 49 heavy (non-hydrogen) atoms. The number of nitrogens with zero attached hydrogens (tertiary/aromatic N) is 1. The average molecular weight is 680 g/mol. The van der Waals surface area contributed by atoms with Crippen molar-refractivity contribution >= 4 is 28.7 Å². The largest absolute Gasteiger partial charge is 0.478 e. The maximum absolute atomic E-state index is 11.5. The normalized spacial score (nSPS) is 39.4. The molecule has 7 rings (SSSR count). The predicted molar refractivity (Wildman–Crippen MR) is 204 cm³/mol. The highest BCUT2D eigenvalue weighted by Gasteiger charge is 2.69. The van der Waals surface area contributed by atoms with E-state index < -0.39 is 5.97 Å². The van der Waals surface area contributed by atoms with Gasteiger partial charge in [-0.25, -0.2) is 4.79 Å². The number of carboxylic acids is 1. The Hall–Kier alpha value is -3.30. The number of aromatic carboxylic acids is 1. The van der Waals surface area contributed by atoms with Gasteiger partial charge in [-0.2, -0.15) is 5.10 Å². The third-order valence-corrected chi connectivity index (χ3v) is 16.1. The minimum absolute atomic E-state index is 0. The van der Waals surface area contributed by atoms with Crippen molar-refractivity contribution in [2.45, 2.75) is 99.8 Å². The summed E-state index contributed by atoms with van der Waals surface area (Å²) in [6, 6.07) is 9.62. The minimum Gasteiger partial charge on any atom is -0.478 e. The highest BCUT2D eigenvalue weighted by molar-refractivity contribution is 7.12. The van der Waals surface area contributed by atoms with Crippen LogP contribution < -0.4 is 11.6 Å². The number of hydrogen-bond acceptors (Lipinski definition) is 4. The summed E-state index contributed by atoms with van der Waals surface area (Å²) in [6.07, 6.45) is 13.4. The van der Waals surface area contributed by atoms with E-state index >= 15 is 0 Å². The van der Waals surface area contributed by atoms with Crippen molar-refractivity contribution < 1.29 is 9.90 Å². The molecule has 1 heterocycles. The molecule has 6 heteroatoms. The third-order valence-electron chi connectivity index (χ3n) is 15.2. The number of nitrogens with two attached hydrogens (primary N) is 2. The first-order valence-corrected chi connectivity index (χ1v) is 19.0. The highest BCUT2D eigenvalue weighted by atomic mass is 32.1. The lowest BCUT2D eigenvalue weighted by Gasteiger charge is -2.71. The number of amidine groups is 1. The lowest BCUT2D eigenvalue weighted by Crippen LogP contribution is -2.64. The summed E-state index contributed by atoms with van der Waals surface area (Å²) >= 11 is 1.56. The van der Waals surface area contributed by atoms with Crippen LogP contribution in [0.1, 0.15) is 126 Å². The topological polar surface area (TPSA) is 102 Å². The molecule has 5 aliphatic rings. The number of benzene rings is 1. The average Bonchev–Trinajstić information content (AvgIpc) is 3.69. The summed E-state index contributed by atoms with van der Waals surface area (Å²) in [5.74, 6) is 16.0. The Morgan fingerprint density at radius 2 is 1.73 bits per heavy atom. The first kappa shape index (κ1) is 35.5. The van der Waals surface area contributed by atoms with Gasteiger partial charge in [0.2, 0.25) is 0 Å². The van der Waals surface area contributed by atoms with E-state index in [1.165, 1.54) is 55.2 Å². The number of allylic oxidation sites excluding steroid dienone is 3. The van der Waals surface area contributed by atoms with E-state index in [2.05, 4.69) is 70.3 Å².